The Balaban J connectivity index is 1.62. The molecule has 3 aromatic carbocycles. The predicted molar refractivity (Wildman–Crippen MR) is 138 cm³/mol. The summed E-state index contributed by atoms with van der Waals surface area (Å²) < 4.78 is 28.0. The van der Waals surface area contributed by atoms with Crippen LogP contribution in [0.5, 0.6) is 0 Å². The van der Waals surface area contributed by atoms with Crippen LogP contribution in [0.2, 0.25) is 0 Å². The van der Waals surface area contributed by atoms with E-state index < -0.39 is 21.4 Å². The lowest BCUT2D eigenvalue weighted by molar-refractivity contribution is 0.0953. The molecule has 0 aliphatic heterocycles. The minimum atomic E-state index is -3.93. The number of carbonyl (C=O) groups is 1. The molecule has 0 bridgehead atoms. The molecule has 0 atom stereocenters. The number of rotatable bonds is 8. The van der Waals surface area contributed by atoms with Crippen molar-refractivity contribution in [1.82, 2.24) is 10.3 Å². The predicted octanol–water partition coefficient (Wildman–Crippen LogP) is 3.89. The number of aromatic nitrogens is 1. The number of sulfonamides is 1. The van der Waals surface area contributed by atoms with Gasteiger partial charge in [0.25, 0.3) is 15.9 Å². The standard InChI is InChI=1S/C27H27N3O4S/c1-3-20-11-7-8-12-25(20)30(2)35(33,34)21-13-14-24-22(17-21)26(31)23(18-29-24)27(32)28-16-15-19-9-5-4-6-10-19/h4-14,17-18H,3,15-16H2,1-2H3,(H,28,32)(H,29,31). The first-order valence-electron chi connectivity index (χ1n) is 11.4. The molecule has 2 N–H and O–H groups in total. The van der Waals surface area contributed by atoms with Crippen molar-refractivity contribution in [3.05, 3.63) is 106 Å². The van der Waals surface area contributed by atoms with Crippen LogP contribution < -0.4 is 15.1 Å². The lowest BCUT2D eigenvalue weighted by Crippen LogP contribution is -2.30. The first-order valence-corrected chi connectivity index (χ1v) is 12.8. The Morgan fingerprint density at radius 1 is 1.00 bits per heavy atom. The Morgan fingerprint density at radius 2 is 1.71 bits per heavy atom. The van der Waals surface area contributed by atoms with Crippen molar-refractivity contribution < 1.29 is 13.2 Å². The van der Waals surface area contributed by atoms with E-state index in [0.29, 0.717) is 30.6 Å². The molecule has 0 aliphatic rings. The number of benzene rings is 3. The lowest BCUT2D eigenvalue weighted by atomic mass is 10.1. The van der Waals surface area contributed by atoms with Crippen LogP contribution >= 0.6 is 0 Å². The van der Waals surface area contributed by atoms with Crippen LogP contribution in [0.1, 0.15) is 28.4 Å². The number of nitrogens with zero attached hydrogens (tertiary/aromatic N) is 1. The fraction of sp³-hybridized carbons (Fsp3) is 0.185. The van der Waals surface area contributed by atoms with Gasteiger partial charge in [-0.25, -0.2) is 8.42 Å². The van der Waals surface area contributed by atoms with Crippen LogP contribution in [0.15, 0.2) is 88.7 Å². The van der Waals surface area contributed by atoms with Gasteiger partial charge in [0.2, 0.25) is 5.43 Å². The number of aromatic amines is 1. The third-order valence-corrected chi connectivity index (χ3v) is 7.78. The highest BCUT2D eigenvalue weighted by molar-refractivity contribution is 7.92. The number of pyridine rings is 1. The smallest absolute Gasteiger partial charge is 0.264 e. The Bertz CT molecular complexity index is 1530. The molecule has 0 spiro atoms. The van der Waals surface area contributed by atoms with E-state index in [1.54, 1.807) is 18.2 Å². The van der Waals surface area contributed by atoms with E-state index in [9.17, 15) is 18.0 Å². The maximum absolute atomic E-state index is 13.4. The van der Waals surface area contributed by atoms with Crippen molar-refractivity contribution in [2.45, 2.75) is 24.7 Å². The van der Waals surface area contributed by atoms with Gasteiger partial charge >= 0.3 is 0 Å². The van der Waals surface area contributed by atoms with E-state index in [1.807, 2.05) is 49.4 Å². The van der Waals surface area contributed by atoms with Gasteiger partial charge in [-0.1, -0.05) is 55.5 Å². The highest BCUT2D eigenvalue weighted by Crippen LogP contribution is 2.27. The number of nitrogens with one attached hydrogen (secondary N) is 2. The van der Waals surface area contributed by atoms with Gasteiger partial charge in [-0.05, 0) is 48.2 Å². The second-order valence-corrected chi connectivity index (χ2v) is 10.2. The van der Waals surface area contributed by atoms with Crippen molar-refractivity contribution in [3.8, 4) is 0 Å². The molecule has 0 fully saturated rings. The van der Waals surface area contributed by atoms with Gasteiger partial charge in [0.1, 0.15) is 5.56 Å². The quantitative estimate of drug-likeness (QED) is 0.392. The Labute approximate surface area is 204 Å². The average molecular weight is 490 g/mol. The van der Waals surface area contributed by atoms with Gasteiger partial charge in [-0.2, -0.15) is 0 Å². The largest absolute Gasteiger partial charge is 0.360 e. The zero-order valence-corrected chi connectivity index (χ0v) is 20.4. The zero-order valence-electron chi connectivity index (χ0n) is 19.6. The summed E-state index contributed by atoms with van der Waals surface area (Å²) in [5.41, 5.74) is 2.41. The second kappa shape index (κ2) is 10.1. The number of fused-ring (bicyclic) bond motifs is 1. The van der Waals surface area contributed by atoms with Crippen LogP contribution in [-0.2, 0) is 22.9 Å². The molecule has 4 aromatic rings. The number of hydrogen-bond donors (Lipinski definition) is 2. The SMILES string of the molecule is CCc1ccccc1N(C)S(=O)(=O)c1ccc2[nH]cc(C(=O)NCCc3ccccc3)c(=O)c2c1. The fourth-order valence-electron chi connectivity index (χ4n) is 3.99. The highest BCUT2D eigenvalue weighted by atomic mass is 32.2. The molecule has 1 amide bonds. The molecule has 8 heteroatoms. The van der Waals surface area contributed by atoms with Crippen molar-refractivity contribution in [2.75, 3.05) is 17.9 Å². The van der Waals surface area contributed by atoms with Gasteiger partial charge < -0.3 is 10.3 Å². The van der Waals surface area contributed by atoms with E-state index in [0.717, 1.165) is 11.1 Å². The first-order chi connectivity index (χ1) is 16.8. The molecule has 0 unspecified atom stereocenters. The van der Waals surface area contributed by atoms with E-state index >= 15 is 0 Å². The number of para-hydroxylation sites is 1. The van der Waals surface area contributed by atoms with Crippen LogP contribution in [0, 0.1) is 0 Å². The van der Waals surface area contributed by atoms with Crippen molar-refractivity contribution >= 4 is 32.5 Å². The third kappa shape index (κ3) is 4.97. The molecular weight excluding hydrogens is 462 g/mol. The monoisotopic (exact) mass is 489 g/mol. The van der Waals surface area contributed by atoms with Crippen LogP contribution in [0.25, 0.3) is 10.9 Å². The Kier molecular flexibility index (Phi) is 7.02. The average Bonchev–Trinajstić information content (AvgIpc) is 2.88. The highest BCUT2D eigenvalue weighted by Gasteiger charge is 2.24. The molecule has 0 aliphatic carbocycles. The van der Waals surface area contributed by atoms with Crippen LogP contribution in [0.4, 0.5) is 5.69 Å². The van der Waals surface area contributed by atoms with E-state index in [1.165, 1.54) is 29.7 Å². The second-order valence-electron chi connectivity index (χ2n) is 8.19. The van der Waals surface area contributed by atoms with E-state index in [2.05, 4.69) is 10.3 Å². The summed E-state index contributed by atoms with van der Waals surface area (Å²) >= 11 is 0. The molecule has 1 aromatic heterocycles. The number of amides is 1. The van der Waals surface area contributed by atoms with Gasteiger partial charge in [-0.3, -0.25) is 13.9 Å². The maximum Gasteiger partial charge on any atom is 0.264 e. The van der Waals surface area contributed by atoms with Gasteiger partial charge in [0.15, 0.2) is 0 Å². The fourth-order valence-corrected chi connectivity index (χ4v) is 5.25. The zero-order chi connectivity index (χ0) is 25.0. The third-order valence-electron chi connectivity index (χ3n) is 6.01. The van der Waals surface area contributed by atoms with Gasteiger partial charge in [-0.15, -0.1) is 0 Å². The number of H-pyrrole nitrogens is 1. The van der Waals surface area contributed by atoms with E-state index in [-0.39, 0.29) is 15.8 Å². The number of hydrogen-bond acceptors (Lipinski definition) is 4. The maximum atomic E-state index is 13.4. The summed E-state index contributed by atoms with van der Waals surface area (Å²) in [6.45, 7) is 2.33. The number of anilines is 1. The Morgan fingerprint density at radius 3 is 2.46 bits per heavy atom. The topological polar surface area (TPSA) is 99.3 Å². The molecule has 4 rings (SSSR count). The molecule has 180 valence electrons. The van der Waals surface area contributed by atoms with Crippen molar-refractivity contribution in [3.63, 3.8) is 0 Å². The molecule has 0 saturated carbocycles. The molecule has 0 radical (unpaired) electrons. The van der Waals surface area contributed by atoms with Crippen LogP contribution in [-0.4, -0.2) is 32.9 Å². The molecule has 0 saturated heterocycles. The molecular formula is C27H27N3O4S. The number of carbonyl (C=O) groups excluding carboxylic acids is 1. The van der Waals surface area contributed by atoms with Crippen molar-refractivity contribution in [2.24, 2.45) is 0 Å². The molecule has 7 nitrogen and oxygen atoms in total. The summed E-state index contributed by atoms with van der Waals surface area (Å²) in [5.74, 6) is -0.508. The Hall–Kier alpha value is -3.91. The van der Waals surface area contributed by atoms with Crippen LogP contribution in [0.3, 0.4) is 0 Å². The summed E-state index contributed by atoms with van der Waals surface area (Å²) in [7, 11) is -2.44. The summed E-state index contributed by atoms with van der Waals surface area (Å²) in [4.78, 5) is 28.7. The summed E-state index contributed by atoms with van der Waals surface area (Å²) in [6, 6.07) is 21.3. The minimum absolute atomic E-state index is 0.0226. The summed E-state index contributed by atoms with van der Waals surface area (Å²) in [5, 5.41) is 2.90. The summed E-state index contributed by atoms with van der Waals surface area (Å²) in [6.07, 6.45) is 2.67. The minimum Gasteiger partial charge on any atom is -0.360 e. The molecule has 35 heavy (non-hydrogen) atoms. The van der Waals surface area contributed by atoms with Gasteiger partial charge in [0, 0.05) is 30.7 Å². The first kappa shape index (κ1) is 24.2. The lowest BCUT2D eigenvalue weighted by Gasteiger charge is -2.22. The number of aryl methyl sites for hydroxylation is 1. The van der Waals surface area contributed by atoms with Gasteiger partial charge in [0.05, 0.1) is 10.6 Å². The van der Waals surface area contributed by atoms with Crippen molar-refractivity contribution in [1.29, 1.82) is 0 Å². The molecule has 1 heterocycles. The van der Waals surface area contributed by atoms with E-state index in [4.69, 9.17) is 0 Å². The normalized spacial score (nSPS) is 11.4.